The number of hydrogen-bond donors (Lipinski definition) is 3. The zero-order valence-electron chi connectivity index (χ0n) is 10.3. The van der Waals surface area contributed by atoms with Crippen molar-refractivity contribution in [3.05, 3.63) is 32.6 Å². The molecular formula is C10H15N2O6P. The molecule has 2 atom stereocenters. The van der Waals surface area contributed by atoms with E-state index in [1.165, 1.54) is 10.8 Å². The van der Waals surface area contributed by atoms with Gasteiger partial charge < -0.3 is 14.5 Å². The van der Waals surface area contributed by atoms with Crippen LogP contribution in [0.1, 0.15) is 18.4 Å². The lowest BCUT2D eigenvalue weighted by Crippen LogP contribution is -2.33. The van der Waals surface area contributed by atoms with Crippen molar-refractivity contribution in [1.82, 2.24) is 9.55 Å². The van der Waals surface area contributed by atoms with Crippen LogP contribution in [0.15, 0.2) is 15.8 Å². The van der Waals surface area contributed by atoms with E-state index in [2.05, 4.69) is 4.98 Å². The molecule has 1 unspecified atom stereocenters. The van der Waals surface area contributed by atoms with E-state index in [0.29, 0.717) is 12.0 Å². The number of ether oxygens (including phenoxy) is 1. The van der Waals surface area contributed by atoms with Crippen molar-refractivity contribution >= 4 is 7.60 Å². The zero-order chi connectivity index (χ0) is 14.2. The predicted octanol–water partition coefficient (Wildman–Crippen LogP) is -0.472. The fraction of sp³-hybridized carbons (Fsp3) is 0.600. The summed E-state index contributed by atoms with van der Waals surface area (Å²) in [4.78, 5) is 42.9. The highest BCUT2D eigenvalue weighted by Gasteiger charge is 2.37. The first-order valence-electron chi connectivity index (χ1n) is 5.78. The molecule has 2 heterocycles. The number of nitrogens with zero attached hydrogens (tertiary/aromatic N) is 1. The summed E-state index contributed by atoms with van der Waals surface area (Å²) < 4.78 is 17.6. The molecule has 1 aliphatic rings. The Morgan fingerprint density at radius 2 is 2.16 bits per heavy atom. The highest BCUT2D eigenvalue weighted by Crippen LogP contribution is 2.47. The first-order valence-corrected chi connectivity index (χ1v) is 7.46. The van der Waals surface area contributed by atoms with E-state index in [9.17, 15) is 14.2 Å². The third kappa shape index (κ3) is 3.22. The Hall–Kier alpha value is -1.21. The second kappa shape index (κ2) is 5.05. The van der Waals surface area contributed by atoms with Gasteiger partial charge in [0, 0.05) is 11.8 Å². The van der Waals surface area contributed by atoms with E-state index < -0.39 is 30.8 Å². The molecule has 1 aliphatic heterocycles. The van der Waals surface area contributed by atoms with Crippen LogP contribution in [0.25, 0.3) is 0 Å². The molecule has 0 aliphatic carbocycles. The molecule has 0 radical (unpaired) electrons. The number of aromatic nitrogens is 2. The molecule has 19 heavy (non-hydrogen) atoms. The van der Waals surface area contributed by atoms with Crippen molar-refractivity contribution in [1.29, 1.82) is 0 Å². The quantitative estimate of drug-likeness (QED) is 0.647. The van der Waals surface area contributed by atoms with E-state index in [-0.39, 0.29) is 13.0 Å². The summed E-state index contributed by atoms with van der Waals surface area (Å²) in [6.45, 7) is 1.73. The summed E-state index contributed by atoms with van der Waals surface area (Å²) in [5.74, 6) is -1.10. The molecular weight excluding hydrogens is 275 g/mol. The average Bonchev–Trinajstić information content (AvgIpc) is 2.74. The lowest BCUT2D eigenvalue weighted by atomic mass is 10.2. The van der Waals surface area contributed by atoms with Crippen LogP contribution < -0.4 is 11.2 Å². The molecule has 3 N–H and O–H groups in total. The SMILES string of the molecule is Cc1cn(C[C@@H]2CCC(P(=O)(O)O)O2)c(=O)[nH]c1=O. The molecule has 1 fully saturated rings. The zero-order valence-corrected chi connectivity index (χ0v) is 11.2. The molecule has 106 valence electrons. The molecule has 1 aromatic heterocycles. The Bertz CT molecular complexity index is 630. The van der Waals surface area contributed by atoms with Gasteiger partial charge in [-0.1, -0.05) is 0 Å². The van der Waals surface area contributed by atoms with Crippen LogP contribution in [-0.4, -0.2) is 31.3 Å². The number of nitrogens with one attached hydrogen (secondary N) is 1. The maximum absolute atomic E-state index is 11.6. The van der Waals surface area contributed by atoms with Gasteiger partial charge in [-0.15, -0.1) is 0 Å². The van der Waals surface area contributed by atoms with Crippen LogP contribution in [0.5, 0.6) is 0 Å². The molecule has 8 nitrogen and oxygen atoms in total. The maximum atomic E-state index is 11.6. The summed E-state index contributed by atoms with van der Waals surface area (Å²) >= 11 is 0. The minimum atomic E-state index is -4.25. The lowest BCUT2D eigenvalue weighted by Gasteiger charge is -2.15. The Labute approximate surface area is 108 Å². The van der Waals surface area contributed by atoms with Crippen LogP contribution in [0.2, 0.25) is 0 Å². The van der Waals surface area contributed by atoms with E-state index in [1.807, 2.05) is 0 Å². The van der Waals surface area contributed by atoms with Crippen LogP contribution >= 0.6 is 7.60 Å². The maximum Gasteiger partial charge on any atom is 0.354 e. The summed E-state index contributed by atoms with van der Waals surface area (Å²) in [6, 6.07) is 0. The fourth-order valence-corrected chi connectivity index (χ4v) is 2.86. The summed E-state index contributed by atoms with van der Waals surface area (Å²) in [5, 5.41) is 0. The second-order valence-corrected chi connectivity index (χ2v) is 6.36. The molecule has 0 aromatic carbocycles. The van der Waals surface area contributed by atoms with Crippen molar-refractivity contribution in [3.8, 4) is 0 Å². The molecule has 0 spiro atoms. The van der Waals surface area contributed by atoms with Crippen LogP contribution in [-0.2, 0) is 15.8 Å². The smallest absolute Gasteiger partial charge is 0.354 e. The van der Waals surface area contributed by atoms with Gasteiger partial charge in [0.1, 0.15) is 0 Å². The Morgan fingerprint density at radius 3 is 2.74 bits per heavy atom. The molecule has 0 saturated carbocycles. The van der Waals surface area contributed by atoms with Crippen LogP contribution in [0.3, 0.4) is 0 Å². The summed E-state index contributed by atoms with van der Waals surface area (Å²) in [6.07, 6.45) is 1.68. The molecule has 0 amide bonds. The monoisotopic (exact) mass is 290 g/mol. The molecule has 0 bridgehead atoms. The number of aromatic amines is 1. The van der Waals surface area contributed by atoms with Gasteiger partial charge >= 0.3 is 13.3 Å². The molecule has 1 aromatic rings. The highest BCUT2D eigenvalue weighted by molar-refractivity contribution is 7.52. The average molecular weight is 290 g/mol. The Morgan fingerprint density at radius 1 is 1.47 bits per heavy atom. The first-order chi connectivity index (χ1) is 8.77. The number of hydrogen-bond acceptors (Lipinski definition) is 4. The third-order valence-corrected chi connectivity index (χ3v) is 4.18. The van der Waals surface area contributed by atoms with Gasteiger partial charge in [0.25, 0.3) is 5.56 Å². The van der Waals surface area contributed by atoms with Crippen molar-refractivity contribution in [2.45, 2.75) is 38.3 Å². The van der Waals surface area contributed by atoms with Gasteiger partial charge in [0.05, 0.1) is 12.6 Å². The second-order valence-electron chi connectivity index (χ2n) is 4.60. The first kappa shape index (κ1) is 14.2. The standard InChI is InChI=1S/C10H15N2O6P/c1-6-4-12(10(14)11-9(6)13)5-7-2-3-8(18-7)19(15,16)17/h4,7-8H,2-3,5H2,1H3,(H,11,13,14)(H2,15,16,17)/t7-,8?/m0/s1. The largest absolute Gasteiger partial charge is 0.360 e. The van der Waals surface area contributed by atoms with Gasteiger partial charge in [-0.2, -0.15) is 0 Å². The van der Waals surface area contributed by atoms with Crippen molar-refractivity contribution in [3.63, 3.8) is 0 Å². The Kier molecular flexibility index (Phi) is 3.78. The normalized spacial score (nSPS) is 23.7. The predicted molar refractivity (Wildman–Crippen MR) is 66.0 cm³/mol. The topological polar surface area (TPSA) is 122 Å². The lowest BCUT2D eigenvalue weighted by molar-refractivity contribution is 0.0606. The van der Waals surface area contributed by atoms with Gasteiger partial charge in [-0.25, -0.2) is 4.79 Å². The summed E-state index contributed by atoms with van der Waals surface area (Å²) in [7, 11) is -4.25. The van der Waals surface area contributed by atoms with Gasteiger partial charge in [0.2, 0.25) is 0 Å². The molecule has 1 saturated heterocycles. The fourth-order valence-electron chi connectivity index (χ4n) is 2.04. The van der Waals surface area contributed by atoms with E-state index >= 15 is 0 Å². The van der Waals surface area contributed by atoms with Gasteiger partial charge in [-0.05, 0) is 19.8 Å². The van der Waals surface area contributed by atoms with E-state index in [1.54, 1.807) is 6.92 Å². The van der Waals surface area contributed by atoms with Crippen molar-refractivity contribution in [2.75, 3.05) is 0 Å². The molecule has 9 heteroatoms. The van der Waals surface area contributed by atoms with Crippen molar-refractivity contribution in [2.24, 2.45) is 0 Å². The summed E-state index contributed by atoms with van der Waals surface area (Å²) in [5.41, 5.74) is -0.607. The number of H-pyrrole nitrogens is 1. The van der Waals surface area contributed by atoms with Gasteiger partial charge in [0.15, 0.2) is 5.85 Å². The number of rotatable bonds is 3. The third-order valence-electron chi connectivity index (χ3n) is 3.05. The van der Waals surface area contributed by atoms with Crippen LogP contribution in [0.4, 0.5) is 0 Å². The minimum Gasteiger partial charge on any atom is -0.360 e. The van der Waals surface area contributed by atoms with Crippen LogP contribution in [0, 0.1) is 6.92 Å². The highest BCUT2D eigenvalue weighted by atomic mass is 31.2. The van der Waals surface area contributed by atoms with E-state index in [0.717, 1.165) is 0 Å². The van der Waals surface area contributed by atoms with Gasteiger partial charge in [-0.3, -0.25) is 18.9 Å². The molecule has 2 rings (SSSR count). The minimum absolute atomic E-state index is 0.160. The van der Waals surface area contributed by atoms with Crippen molar-refractivity contribution < 1.29 is 19.1 Å². The van der Waals surface area contributed by atoms with E-state index in [4.69, 9.17) is 14.5 Å². The Balaban J connectivity index is 2.12. The number of aryl methyl sites for hydroxylation is 1.